The minimum absolute atomic E-state index is 0.0371. The van der Waals surface area contributed by atoms with E-state index in [9.17, 15) is 25.2 Å². The molecule has 0 spiro atoms. The van der Waals surface area contributed by atoms with E-state index in [0.717, 1.165) is 11.1 Å². The number of rotatable bonds is 13. The van der Waals surface area contributed by atoms with Gasteiger partial charge in [0.2, 0.25) is 5.75 Å². The number of dihydropyridines is 1. The zero-order chi connectivity index (χ0) is 27.8. The molecule has 0 amide bonds. The number of methoxy groups -OCH3 is 2. The largest absolute Gasteiger partial charge is 0.504 e. The van der Waals surface area contributed by atoms with Crippen molar-refractivity contribution in [3.63, 3.8) is 0 Å². The highest BCUT2D eigenvalue weighted by Gasteiger charge is 2.35. The maximum absolute atomic E-state index is 13.7. The number of ether oxygens (including phenoxy) is 2. The molecule has 2 aromatic carbocycles. The van der Waals surface area contributed by atoms with Crippen molar-refractivity contribution in [3.05, 3.63) is 65.0 Å². The summed E-state index contributed by atoms with van der Waals surface area (Å²) in [5.74, 6) is -0.667. The number of aliphatic hydroxyl groups excluding tert-OH is 1. The van der Waals surface area contributed by atoms with Gasteiger partial charge < -0.3 is 41.0 Å². The Labute approximate surface area is 223 Å². The van der Waals surface area contributed by atoms with Crippen LogP contribution in [0.15, 0.2) is 53.9 Å². The van der Waals surface area contributed by atoms with Gasteiger partial charge >= 0.3 is 0 Å². The standard InChI is InChI=1S/C29H38N2O7/c1-4-20(19-11-12-31-27(30)16-19)28(22(33)9-6-17-5-8-21(32)25(14-17)37-2)23(34)10-7-18-13-24(35)29(36)26(15-18)38-3/h5,8,11,13-16,20,22,28,31-33,35-36H,4,6-7,9-10,12,30H2,1-3H3. The van der Waals surface area contributed by atoms with Crippen LogP contribution in [0.5, 0.6) is 28.7 Å². The second kappa shape index (κ2) is 13.1. The van der Waals surface area contributed by atoms with Gasteiger partial charge in [-0.1, -0.05) is 19.1 Å². The number of carbonyl (C=O) groups excluding carboxylic acids is 1. The Kier molecular flexibility index (Phi) is 9.90. The number of nitrogens with two attached hydrogens (primary N) is 1. The van der Waals surface area contributed by atoms with E-state index in [1.807, 2.05) is 19.1 Å². The molecule has 1 aliphatic rings. The molecule has 0 aliphatic carbocycles. The van der Waals surface area contributed by atoms with Crippen LogP contribution in [0.4, 0.5) is 0 Å². The van der Waals surface area contributed by atoms with Gasteiger partial charge in [-0.05, 0) is 78.6 Å². The lowest BCUT2D eigenvalue weighted by atomic mass is 9.75. The number of allylic oxidation sites excluding steroid dienone is 2. The van der Waals surface area contributed by atoms with Crippen LogP contribution in [0.25, 0.3) is 0 Å². The second-order valence-electron chi connectivity index (χ2n) is 9.47. The molecular weight excluding hydrogens is 488 g/mol. The lowest BCUT2D eigenvalue weighted by Crippen LogP contribution is -2.37. The van der Waals surface area contributed by atoms with Crippen molar-refractivity contribution >= 4 is 5.78 Å². The molecule has 0 saturated heterocycles. The quantitative estimate of drug-likeness (QED) is 0.216. The van der Waals surface area contributed by atoms with E-state index in [1.165, 1.54) is 20.3 Å². The molecule has 206 valence electrons. The smallest absolute Gasteiger partial charge is 0.200 e. The number of benzene rings is 2. The van der Waals surface area contributed by atoms with Crippen molar-refractivity contribution in [2.24, 2.45) is 17.6 Å². The Morgan fingerprint density at radius 2 is 1.74 bits per heavy atom. The highest BCUT2D eigenvalue weighted by molar-refractivity contribution is 5.82. The van der Waals surface area contributed by atoms with Crippen molar-refractivity contribution in [2.45, 2.75) is 45.1 Å². The van der Waals surface area contributed by atoms with Crippen molar-refractivity contribution in [1.29, 1.82) is 0 Å². The van der Waals surface area contributed by atoms with Crippen LogP contribution in [0.1, 0.15) is 37.3 Å². The van der Waals surface area contributed by atoms with E-state index in [2.05, 4.69) is 5.32 Å². The number of carbonyl (C=O) groups is 1. The molecule has 38 heavy (non-hydrogen) atoms. The van der Waals surface area contributed by atoms with Gasteiger partial charge in [0.25, 0.3) is 0 Å². The van der Waals surface area contributed by atoms with E-state index < -0.39 is 12.0 Å². The molecule has 3 rings (SSSR count). The van der Waals surface area contributed by atoms with E-state index in [-0.39, 0.29) is 41.1 Å². The Bertz CT molecular complexity index is 1190. The van der Waals surface area contributed by atoms with Gasteiger partial charge in [-0.15, -0.1) is 0 Å². The third-order valence-corrected chi connectivity index (χ3v) is 7.02. The first-order valence-corrected chi connectivity index (χ1v) is 12.7. The van der Waals surface area contributed by atoms with Gasteiger partial charge in [0.05, 0.1) is 32.1 Å². The summed E-state index contributed by atoms with van der Waals surface area (Å²) < 4.78 is 10.3. The molecule has 3 unspecified atom stereocenters. The zero-order valence-corrected chi connectivity index (χ0v) is 22.1. The summed E-state index contributed by atoms with van der Waals surface area (Å²) in [5.41, 5.74) is 8.42. The molecule has 9 nitrogen and oxygen atoms in total. The molecule has 0 radical (unpaired) electrons. The van der Waals surface area contributed by atoms with Gasteiger partial charge in [-0.3, -0.25) is 4.79 Å². The summed E-state index contributed by atoms with van der Waals surface area (Å²) in [7, 11) is 2.86. The fraction of sp³-hybridized carbons (Fsp3) is 0.414. The molecule has 9 heteroatoms. The number of aryl methyl sites for hydroxylation is 2. The molecule has 2 aromatic rings. The van der Waals surface area contributed by atoms with Crippen LogP contribution < -0.4 is 20.5 Å². The fourth-order valence-corrected chi connectivity index (χ4v) is 4.99. The molecule has 7 N–H and O–H groups in total. The topological polar surface area (TPSA) is 154 Å². The number of phenolic OH excluding ortho intramolecular Hbond substituents is 3. The Morgan fingerprint density at radius 3 is 2.39 bits per heavy atom. The van der Waals surface area contributed by atoms with Crippen LogP contribution in [-0.4, -0.2) is 53.1 Å². The molecule has 3 atom stereocenters. The average Bonchev–Trinajstić information content (AvgIpc) is 2.91. The summed E-state index contributed by atoms with van der Waals surface area (Å²) in [6, 6.07) is 8.03. The number of ketones is 1. The summed E-state index contributed by atoms with van der Waals surface area (Å²) >= 11 is 0. The maximum atomic E-state index is 13.7. The first-order chi connectivity index (χ1) is 18.2. The number of Topliss-reactive ketones (excluding diaryl/α,β-unsaturated/α-hetero) is 1. The third-order valence-electron chi connectivity index (χ3n) is 7.02. The van der Waals surface area contributed by atoms with E-state index >= 15 is 0 Å². The fourth-order valence-electron chi connectivity index (χ4n) is 4.99. The van der Waals surface area contributed by atoms with Crippen LogP contribution in [0.3, 0.4) is 0 Å². The molecule has 0 saturated carbocycles. The monoisotopic (exact) mass is 526 g/mol. The molecule has 0 aromatic heterocycles. The van der Waals surface area contributed by atoms with Crippen LogP contribution >= 0.6 is 0 Å². The van der Waals surface area contributed by atoms with Crippen molar-refractivity contribution < 1.29 is 34.7 Å². The van der Waals surface area contributed by atoms with Crippen LogP contribution in [0, 0.1) is 11.8 Å². The lowest BCUT2D eigenvalue weighted by molar-refractivity contribution is -0.128. The first kappa shape index (κ1) is 28.7. The number of phenols is 3. The Morgan fingerprint density at radius 1 is 1.03 bits per heavy atom. The van der Waals surface area contributed by atoms with Gasteiger partial charge in [-0.25, -0.2) is 0 Å². The Hall–Kier alpha value is -3.85. The molecular formula is C29H38N2O7. The SMILES string of the molecule is CCC(C1=CCNC(N)=C1)C(C(=O)CCc1cc(O)c(O)c(OC)c1)C(O)CCc1ccc(O)c(OC)c1. The summed E-state index contributed by atoms with van der Waals surface area (Å²) in [6.45, 7) is 2.53. The minimum atomic E-state index is -0.930. The third kappa shape index (κ3) is 6.92. The van der Waals surface area contributed by atoms with Crippen molar-refractivity contribution in [3.8, 4) is 28.7 Å². The number of aromatic hydroxyl groups is 3. The predicted octanol–water partition coefficient (Wildman–Crippen LogP) is 3.29. The first-order valence-electron chi connectivity index (χ1n) is 12.7. The van der Waals surface area contributed by atoms with Gasteiger partial charge in [0.15, 0.2) is 23.0 Å². The Balaban J connectivity index is 1.83. The highest BCUT2D eigenvalue weighted by Crippen LogP contribution is 2.37. The van der Waals surface area contributed by atoms with Crippen molar-refractivity contribution in [1.82, 2.24) is 5.32 Å². The lowest BCUT2D eigenvalue weighted by Gasteiger charge is -2.32. The highest BCUT2D eigenvalue weighted by atomic mass is 16.5. The number of hydrogen-bond donors (Lipinski definition) is 6. The van der Waals surface area contributed by atoms with Crippen LogP contribution in [0.2, 0.25) is 0 Å². The summed E-state index contributed by atoms with van der Waals surface area (Å²) in [5, 5.41) is 44.2. The molecule has 1 aliphatic heterocycles. The van der Waals surface area contributed by atoms with Gasteiger partial charge in [0, 0.05) is 13.0 Å². The van der Waals surface area contributed by atoms with E-state index in [4.69, 9.17) is 15.2 Å². The summed E-state index contributed by atoms with van der Waals surface area (Å²) in [6.07, 6.45) is 4.76. The predicted molar refractivity (Wildman–Crippen MR) is 144 cm³/mol. The molecule has 0 bridgehead atoms. The second-order valence-corrected chi connectivity index (χ2v) is 9.47. The van der Waals surface area contributed by atoms with Crippen molar-refractivity contribution in [2.75, 3.05) is 20.8 Å². The molecule has 1 heterocycles. The van der Waals surface area contributed by atoms with E-state index in [1.54, 1.807) is 24.3 Å². The number of aliphatic hydroxyl groups is 1. The van der Waals surface area contributed by atoms with Gasteiger partial charge in [0.1, 0.15) is 5.78 Å². The van der Waals surface area contributed by atoms with E-state index in [0.29, 0.717) is 49.4 Å². The normalized spacial score (nSPS) is 15.5. The van der Waals surface area contributed by atoms with Gasteiger partial charge in [-0.2, -0.15) is 0 Å². The minimum Gasteiger partial charge on any atom is -0.504 e. The number of hydrogen-bond acceptors (Lipinski definition) is 9. The molecule has 0 fully saturated rings. The number of nitrogens with one attached hydrogen (secondary N) is 1. The maximum Gasteiger partial charge on any atom is 0.200 e. The summed E-state index contributed by atoms with van der Waals surface area (Å²) in [4.78, 5) is 13.7. The average molecular weight is 527 g/mol. The zero-order valence-electron chi connectivity index (χ0n) is 22.1. The van der Waals surface area contributed by atoms with Crippen LogP contribution in [-0.2, 0) is 17.6 Å².